The van der Waals surface area contributed by atoms with Crippen LogP contribution in [0.5, 0.6) is 0 Å². The fourth-order valence-electron chi connectivity index (χ4n) is 2.39. The summed E-state index contributed by atoms with van der Waals surface area (Å²) in [6.07, 6.45) is 6.00. The van der Waals surface area contributed by atoms with Crippen LogP contribution in [-0.4, -0.2) is 28.5 Å². The van der Waals surface area contributed by atoms with Crippen LogP contribution in [0, 0.1) is 0 Å². The Hall–Kier alpha value is -1.41. The summed E-state index contributed by atoms with van der Waals surface area (Å²) in [5.74, 6) is 5.91. The topological polar surface area (TPSA) is 110 Å². The molecule has 1 aliphatic carbocycles. The van der Waals surface area contributed by atoms with Crippen molar-refractivity contribution >= 4 is 33.6 Å². The van der Waals surface area contributed by atoms with Gasteiger partial charge in [0.25, 0.3) is 0 Å². The summed E-state index contributed by atoms with van der Waals surface area (Å²) in [5, 5.41) is 0. The zero-order valence-electron chi connectivity index (χ0n) is 10.5. The van der Waals surface area contributed by atoms with Crippen molar-refractivity contribution in [1.29, 1.82) is 0 Å². The van der Waals surface area contributed by atoms with E-state index in [1.54, 1.807) is 6.20 Å². The molecule has 0 bridgehead atoms. The van der Waals surface area contributed by atoms with E-state index in [0.29, 0.717) is 11.8 Å². The van der Waals surface area contributed by atoms with Gasteiger partial charge in [-0.1, -0.05) is 12.8 Å². The summed E-state index contributed by atoms with van der Waals surface area (Å²) < 4.78 is 0.722. The van der Waals surface area contributed by atoms with Gasteiger partial charge in [0.1, 0.15) is 5.82 Å². The molecule has 1 saturated carbocycles. The summed E-state index contributed by atoms with van der Waals surface area (Å²) in [6.45, 7) is 0.143. The van der Waals surface area contributed by atoms with E-state index in [1.807, 2.05) is 4.90 Å². The Labute approximate surface area is 119 Å². The third-order valence-electron chi connectivity index (χ3n) is 3.22. The van der Waals surface area contributed by atoms with Crippen LogP contribution in [0.4, 0.5) is 11.8 Å². The second-order valence-corrected chi connectivity index (χ2v) is 5.40. The standard InChI is InChI=1S/C11H17BrN6O/c12-8-5-15-11(17-14)16-10(8)18(6-9(13)19)7-3-1-2-4-7/h5,7H,1-4,6,14H2,(H2,13,19)(H,15,16,17). The highest BCUT2D eigenvalue weighted by Crippen LogP contribution is 2.31. The highest BCUT2D eigenvalue weighted by atomic mass is 79.9. The minimum atomic E-state index is -0.375. The number of nitrogens with zero attached hydrogens (tertiary/aromatic N) is 3. The van der Waals surface area contributed by atoms with Gasteiger partial charge in [-0.3, -0.25) is 10.2 Å². The van der Waals surface area contributed by atoms with Crippen LogP contribution in [-0.2, 0) is 4.79 Å². The number of primary amides is 1. The number of amides is 1. The molecule has 0 aliphatic heterocycles. The number of hydrazine groups is 1. The second-order valence-electron chi connectivity index (χ2n) is 4.54. The Balaban J connectivity index is 2.33. The molecule has 7 nitrogen and oxygen atoms in total. The second kappa shape index (κ2) is 6.16. The van der Waals surface area contributed by atoms with Gasteiger partial charge in [-0.25, -0.2) is 10.8 Å². The van der Waals surface area contributed by atoms with Gasteiger partial charge in [0, 0.05) is 12.2 Å². The highest BCUT2D eigenvalue weighted by molar-refractivity contribution is 9.10. The van der Waals surface area contributed by atoms with E-state index in [-0.39, 0.29) is 18.5 Å². The molecule has 0 spiro atoms. The Kier molecular flexibility index (Phi) is 4.54. The SMILES string of the molecule is NNc1ncc(Br)c(N(CC(N)=O)C2CCCC2)n1. The maximum Gasteiger partial charge on any atom is 0.239 e. The first-order chi connectivity index (χ1) is 9.11. The molecule has 0 radical (unpaired) electrons. The quantitative estimate of drug-likeness (QED) is 0.543. The van der Waals surface area contributed by atoms with Crippen molar-refractivity contribution in [1.82, 2.24) is 9.97 Å². The predicted octanol–water partition coefficient (Wildman–Crippen LogP) is 0.759. The number of carbonyl (C=O) groups is 1. The normalized spacial score (nSPS) is 15.5. The molecule has 0 saturated heterocycles. The van der Waals surface area contributed by atoms with Crippen molar-refractivity contribution in [2.45, 2.75) is 31.7 Å². The molecule has 0 aromatic carbocycles. The molecule has 1 fully saturated rings. The Morgan fingerprint density at radius 1 is 1.53 bits per heavy atom. The minimum absolute atomic E-state index is 0.143. The number of carbonyl (C=O) groups excluding carboxylic acids is 1. The number of hydrogen-bond acceptors (Lipinski definition) is 6. The lowest BCUT2D eigenvalue weighted by atomic mass is 10.2. The van der Waals surface area contributed by atoms with Crippen LogP contribution in [0.15, 0.2) is 10.7 Å². The zero-order valence-corrected chi connectivity index (χ0v) is 12.1. The van der Waals surface area contributed by atoms with E-state index in [2.05, 4.69) is 31.3 Å². The van der Waals surface area contributed by atoms with Gasteiger partial charge >= 0.3 is 0 Å². The third kappa shape index (κ3) is 3.32. The maximum atomic E-state index is 11.3. The van der Waals surface area contributed by atoms with Gasteiger partial charge < -0.3 is 10.6 Å². The number of halogens is 1. The summed E-state index contributed by atoms with van der Waals surface area (Å²) in [5.41, 5.74) is 7.75. The Morgan fingerprint density at radius 2 is 2.21 bits per heavy atom. The van der Waals surface area contributed by atoms with Crippen molar-refractivity contribution in [3.05, 3.63) is 10.7 Å². The molecular weight excluding hydrogens is 312 g/mol. The van der Waals surface area contributed by atoms with E-state index >= 15 is 0 Å². The van der Waals surface area contributed by atoms with E-state index in [0.717, 1.165) is 30.2 Å². The minimum Gasteiger partial charge on any atom is -0.368 e. The zero-order chi connectivity index (χ0) is 13.8. The first-order valence-corrected chi connectivity index (χ1v) is 6.95. The Bertz CT molecular complexity index is 462. The summed E-state index contributed by atoms with van der Waals surface area (Å²) >= 11 is 3.41. The molecule has 0 unspecified atom stereocenters. The van der Waals surface area contributed by atoms with E-state index < -0.39 is 0 Å². The first kappa shape index (κ1) is 14.0. The molecule has 1 aliphatic rings. The van der Waals surface area contributed by atoms with E-state index in [1.165, 1.54) is 0 Å². The average Bonchev–Trinajstić information content (AvgIpc) is 2.90. The van der Waals surface area contributed by atoms with Crippen LogP contribution in [0.25, 0.3) is 0 Å². The monoisotopic (exact) mass is 328 g/mol. The molecule has 1 aromatic rings. The summed E-state index contributed by atoms with van der Waals surface area (Å²) in [6, 6.07) is 0.282. The van der Waals surface area contributed by atoms with Crippen LogP contribution in [0.1, 0.15) is 25.7 Å². The van der Waals surface area contributed by atoms with Gasteiger partial charge in [-0.05, 0) is 28.8 Å². The highest BCUT2D eigenvalue weighted by Gasteiger charge is 2.26. The summed E-state index contributed by atoms with van der Waals surface area (Å²) in [7, 11) is 0. The molecule has 1 heterocycles. The van der Waals surface area contributed by atoms with Crippen LogP contribution < -0.4 is 21.9 Å². The molecule has 1 amide bonds. The largest absolute Gasteiger partial charge is 0.368 e. The summed E-state index contributed by atoms with van der Waals surface area (Å²) in [4.78, 5) is 21.5. The fraction of sp³-hybridized carbons (Fsp3) is 0.545. The third-order valence-corrected chi connectivity index (χ3v) is 3.78. The van der Waals surface area contributed by atoms with Crippen LogP contribution in [0.3, 0.4) is 0 Å². The number of nitrogens with two attached hydrogens (primary N) is 2. The molecule has 8 heteroatoms. The lowest BCUT2D eigenvalue weighted by Gasteiger charge is -2.29. The van der Waals surface area contributed by atoms with Gasteiger partial charge in [0.05, 0.1) is 11.0 Å². The molecule has 19 heavy (non-hydrogen) atoms. The van der Waals surface area contributed by atoms with Crippen LogP contribution >= 0.6 is 15.9 Å². The van der Waals surface area contributed by atoms with Gasteiger partial charge in [-0.2, -0.15) is 4.98 Å². The van der Waals surface area contributed by atoms with Gasteiger partial charge in [0.15, 0.2) is 0 Å². The van der Waals surface area contributed by atoms with E-state index in [9.17, 15) is 4.79 Å². The maximum absolute atomic E-state index is 11.3. The fourth-order valence-corrected chi connectivity index (χ4v) is 2.81. The molecular formula is C11H17BrN6O. The van der Waals surface area contributed by atoms with Gasteiger partial charge in [0.2, 0.25) is 11.9 Å². The Morgan fingerprint density at radius 3 is 2.79 bits per heavy atom. The number of anilines is 2. The van der Waals surface area contributed by atoms with Gasteiger partial charge in [-0.15, -0.1) is 0 Å². The predicted molar refractivity (Wildman–Crippen MR) is 76.3 cm³/mol. The molecule has 0 atom stereocenters. The molecule has 104 valence electrons. The van der Waals surface area contributed by atoms with Crippen molar-refractivity contribution in [2.75, 3.05) is 16.9 Å². The number of hydrogen-bond donors (Lipinski definition) is 3. The molecule has 1 aromatic heterocycles. The average molecular weight is 329 g/mol. The number of rotatable bonds is 5. The smallest absolute Gasteiger partial charge is 0.239 e. The number of nitrogen functional groups attached to an aromatic ring is 1. The van der Waals surface area contributed by atoms with E-state index in [4.69, 9.17) is 11.6 Å². The van der Waals surface area contributed by atoms with Crippen molar-refractivity contribution in [2.24, 2.45) is 11.6 Å². The van der Waals surface area contributed by atoms with Crippen molar-refractivity contribution < 1.29 is 4.79 Å². The molecule has 2 rings (SSSR count). The van der Waals surface area contributed by atoms with Crippen molar-refractivity contribution in [3.63, 3.8) is 0 Å². The van der Waals surface area contributed by atoms with Crippen LogP contribution in [0.2, 0.25) is 0 Å². The number of aromatic nitrogens is 2. The first-order valence-electron chi connectivity index (χ1n) is 6.16. The van der Waals surface area contributed by atoms with Crippen molar-refractivity contribution in [3.8, 4) is 0 Å². The lowest BCUT2D eigenvalue weighted by molar-refractivity contribution is -0.116. The number of nitrogens with one attached hydrogen (secondary N) is 1. The molecule has 5 N–H and O–H groups in total. The lowest BCUT2D eigenvalue weighted by Crippen LogP contribution is -2.41.